The van der Waals surface area contributed by atoms with E-state index in [-0.39, 0.29) is 0 Å². The maximum Gasteiger partial charge on any atom is 0.166 e. The first kappa shape index (κ1) is 39.4. The molecule has 0 atom stereocenters. The first-order valence-electron chi connectivity index (χ1n) is 22.5. The van der Waals surface area contributed by atoms with E-state index in [2.05, 4.69) is 138 Å². The molecule has 0 spiro atoms. The van der Waals surface area contributed by atoms with Gasteiger partial charge in [-0.15, -0.1) is 11.3 Å². The summed E-state index contributed by atoms with van der Waals surface area (Å²) in [6.07, 6.45) is 0. The topological polar surface area (TPSA) is 82.3 Å². The fourth-order valence-corrected chi connectivity index (χ4v) is 10.3. The fourth-order valence-electron chi connectivity index (χ4n) is 9.24. The Kier molecular flexibility index (Phi) is 9.54. The number of aromatic nitrogens is 7. The maximum atomic E-state index is 5.31. The number of hydrogen-bond donors (Lipinski definition) is 0. The van der Waals surface area contributed by atoms with Crippen LogP contribution in [0.3, 0.4) is 0 Å². The van der Waals surface area contributed by atoms with Crippen LogP contribution >= 0.6 is 11.3 Å². The Morgan fingerprint density at radius 3 is 1.31 bits per heavy atom. The van der Waals surface area contributed by atoms with Gasteiger partial charge in [-0.25, -0.2) is 29.9 Å². The molecule has 0 radical (unpaired) electrons. The van der Waals surface area contributed by atoms with Crippen LogP contribution in [0.2, 0.25) is 0 Å². The van der Waals surface area contributed by atoms with Crippen LogP contribution in [0.15, 0.2) is 224 Å². The van der Waals surface area contributed by atoms with Crippen molar-refractivity contribution in [2.24, 2.45) is 0 Å². The lowest BCUT2D eigenvalue weighted by Gasteiger charge is -2.16. The molecule has 0 N–H and O–H groups in total. The summed E-state index contributed by atoms with van der Waals surface area (Å²) in [6.45, 7) is 0. The third kappa shape index (κ3) is 6.99. The second-order valence-corrected chi connectivity index (χ2v) is 17.8. The Labute approximate surface area is 395 Å². The highest BCUT2D eigenvalue weighted by molar-refractivity contribution is 7.25. The summed E-state index contributed by atoms with van der Waals surface area (Å²) in [6, 6.07) is 77.6. The largest absolute Gasteiger partial charge is 0.309 e. The van der Waals surface area contributed by atoms with Gasteiger partial charge < -0.3 is 4.57 Å². The Morgan fingerprint density at radius 2 is 0.691 bits per heavy atom. The monoisotopic (exact) mass is 887 g/mol. The molecule has 318 valence electrons. The van der Waals surface area contributed by atoms with Crippen LogP contribution in [-0.4, -0.2) is 34.5 Å². The van der Waals surface area contributed by atoms with E-state index in [4.69, 9.17) is 29.9 Å². The molecule has 4 heterocycles. The molecule has 13 aromatic rings. The first-order valence-corrected chi connectivity index (χ1v) is 23.3. The number of nitrogens with zero attached hydrogens (tertiary/aromatic N) is 7. The van der Waals surface area contributed by atoms with Crippen LogP contribution in [0.5, 0.6) is 0 Å². The van der Waals surface area contributed by atoms with Gasteiger partial charge in [-0.05, 0) is 71.8 Å². The zero-order chi connectivity index (χ0) is 45.0. The van der Waals surface area contributed by atoms with E-state index in [0.717, 1.165) is 66.4 Å². The zero-order valence-electron chi connectivity index (χ0n) is 36.4. The number of para-hydroxylation sites is 1. The lowest BCUT2D eigenvalue weighted by molar-refractivity contribution is 1.06. The molecule has 0 aliphatic carbocycles. The standard InChI is InChI=1S/C60H37N7S/c1-5-17-38(18-6-1)42-29-32-51-47(35-42)45-25-13-15-27-50(45)67(51)52-33-30-43(37-49(52)60-65-56(40-21-9-3-10-22-40)61-57(66-60)41-23-11-4-12-24-41)58-62-55(39-19-7-2-8-20-39)63-59(64-58)44-31-34-54-48(36-44)46-26-14-16-28-53(46)68-54/h1-37H. The average Bonchev–Trinajstić information content (AvgIpc) is 3.96. The van der Waals surface area contributed by atoms with Crippen LogP contribution in [0, 0.1) is 0 Å². The van der Waals surface area contributed by atoms with Gasteiger partial charge >= 0.3 is 0 Å². The molecule has 9 aromatic carbocycles. The van der Waals surface area contributed by atoms with Crippen molar-refractivity contribution in [2.45, 2.75) is 0 Å². The second kappa shape index (κ2) is 16.5. The van der Waals surface area contributed by atoms with Gasteiger partial charge in [-0.2, -0.15) is 0 Å². The van der Waals surface area contributed by atoms with E-state index in [1.165, 1.54) is 25.7 Å². The predicted octanol–water partition coefficient (Wildman–Crippen LogP) is 15.2. The Balaban J connectivity index is 1.07. The van der Waals surface area contributed by atoms with Crippen molar-refractivity contribution in [3.05, 3.63) is 224 Å². The van der Waals surface area contributed by atoms with Gasteiger partial charge in [-0.1, -0.05) is 164 Å². The molecule has 0 saturated heterocycles. The molecule has 0 saturated carbocycles. The van der Waals surface area contributed by atoms with Crippen molar-refractivity contribution in [3.8, 4) is 85.1 Å². The number of thiophene rings is 1. The summed E-state index contributed by atoms with van der Waals surface area (Å²) in [5.74, 6) is 3.38. The summed E-state index contributed by atoms with van der Waals surface area (Å²) >= 11 is 1.79. The molecule has 0 amide bonds. The van der Waals surface area contributed by atoms with Crippen LogP contribution in [-0.2, 0) is 0 Å². The van der Waals surface area contributed by atoms with Gasteiger partial charge in [0.05, 0.1) is 16.7 Å². The highest BCUT2D eigenvalue weighted by Gasteiger charge is 2.22. The SMILES string of the molecule is c1ccc(-c2ccc3c(c2)c2ccccc2n3-c2ccc(-c3nc(-c4ccccc4)nc(-c4ccc5sc6ccccc6c5c4)n3)cc2-c2nc(-c3ccccc3)nc(-c3ccccc3)n2)cc1. The maximum absolute atomic E-state index is 5.31. The molecule has 0 fully saturated rings. The van der Waals surface area contributed by atoms with Crippen molar-refractivity contribution >= 4 is 53.3 Å². The molecular formula is C60H37N7S. The predicted molar refractivity (Wildman–Crippen MR) is 278 cm³/mol. The number of benzene rings is 9. The quantitative estimate of drug-likeness (QED) is 0.151. The summed E-state index contributed by atoms with van der Waals surface area (Å²) < 4.78 is 4.80. The Bertz CT molecular complexity index is 3960. The van der Waals surface area contributed by atoms with Crippen molar-refractivity contribution in [1.82, 2.24) is 34.5 Å². The summed E-state index contributed by atoms with van der Waals surface area (Å²) in [5.41, 5.74) is 10.5. The highest BCUT2D eigenvalue weighted by Crippen LogP contribution is 2.41. The van der Waals surface area contributed by atoms with Crippen molar-refractivity contribution < 1.29 is 0 Å². The molecule has 0 bridgehead atoms. The van der Waals surface area contributed by atoms with Gasteiger partial charge in [0.1, 0.15) is 0 Å². The van der Waals surface area contributed by atoms with Crippen LogP contribution in [0.25, 0.3) is 127 Å². The zero-order valence-corrected chi connectivity index (χ0v) is 37.2. The molecule has 0 unspecified atom stereocenters. The fraction of sp³-hybridized carbons (Fsp3) is 0. The first-order chi connectivity index (χ1) is 33.7. The second-order valence-electron chi connectivity index (χ2n) is 16.7. The summed E-state index contributed by atoms with van der Waals surface area (Å²) in [4.78, 5) is 31.3. The Morgan fingerprint density at radius 1 is 0.265 bits per heavy atom. The molecule has 8 heteroatoms. The molecule has 7 nitrogen and oxygen atoms in total. The van der Waals surface area contributed by atoms with Crippen LogP contribution in [0.4, 0.5) is 0 Å². The lowest BCUT2D eigenvalue weighted by Crippen LogP contribution is -2.05. The van der Waals surface area contributed by atoms with Crippen LogP contribution in [0.1, 0.15) is 0 Å². The third-order valence-electron chi connectivity index (χ3n) is 12.5. The molecule has 4 aromatic heterocycles. The molecular weight excluding hydrogens is 851 g/mol. The molecule has 0 aliphatic heterocycles. The van der Waals surface area contributed by atoms with Gasteiger partial charge in [0.25, 0.3) is 0 Å². The lowest BCUT2D eigenvalue weighted by atomic mass is 10.0. The summed E-state index contributed by atoms with van der Waals surface area (Å²) in [5, 5.41) is 4.69. The van der Waals surface area contributed by atoms with Gasteiger partial charge in [0, 0.05) is 64.3 Å². The van der Waals surface area contributed by atoms with Crippen LogP contribution < -0.4 is 0 Å². The molecule has 0 aliphatic rings. The Hall–Kier alpha value is -8.98. The van der Waals surface area contributed by atoms with Crippen molar-refractivity contribution in [1.29, 1.82) is 0 Å². The number of fused-ring (bicyclic) bond motifs is 6. The van der Waals surface area contributed by atoms with E-state index in [1.54, 1.807) is 11.3 Å². The smallest absolute Gasteiger partial charge is 0.166 e. The minimum atomic E-state index is 0.522. The normalized spacial score (nSPS) is 11.5. The summed E-state index contributed by atoms with van der Waals surface area (Å²) in [7, 11) is 0. The van der Waals surface area contributed by atoms with E-state index in [0.29, 0.717) is 34.9 Å². The van der Waals surface area contributed by atoms with Crippen molar-refractivity contribution in [2.75, 3.05) is 0 Å². The van der Waals surface area contributed by atoms with E-state index >= 15 is 0 Å². The highest BCUT2D eigenvalue weighted by atomic mass is 32.1. The van der Waals surface area contributed by atoms with Gasteiger partial charge in [0.15, 0.2) is 34.9 Å². The minimum absolute atomic E-state index is 0.522. The van der Waals surface area contributed by atoms with Crippen molar-refractivity contribution in [3.63, 3.8) is 0 Å². The number of rotatable bonds is 8. The van der Waals surface area contributed by atoms with Gasteiger partial charge in [0.2, 0.25) is 0 Å². The van der Waals surface area contributed by atoms with E-state index in [1.807, 2.05) is 91.0 Å². The molecule has 68 heavy (non-hydrogen) atoms. The van der Waals surface area contributed by atoms with E-state index in [9.17, 15) is 0 Å². The third-order valence-corrected chi connectivity index (χ3v) is 13.7. The van der Waals surface area contributed by atoms with E-state index < -0.39 is 0 Å². The average molecular weight is 888 g/mol. The minimum Gasteiger partial charge on any atom is -0.309 e. The van der Waals surface area contributed by atoms with Gasteiger partial charge in [-0.3, -0.25) is 0 Å². The molecule has 13 rings (SSSR count). The number of hydrogen-bond acceptors (Lipinski definition) is 7.